The number of Topliss-reactive ketones (excluding diaryl/α,β-unsaturated/α-hetero) is 1. The van der Waals surface area contributed by atoms with E-state index in [9.17, 15) is 4.79 Å². The summed E-state index contributed by atoms with van der Waals surface area (Å²) in [4.78, 5) is 13.7. The van der Waals surface area contributed by atoms with Gasteiger partial charge in [-0.1, -0.05) is 34.9 Å². The molecule has 0 bridgehead atoms. The summed E-state index contributed by atoms with van der Waals surface area (Å²) in [5, 5.41) is 3.79. The molecule has 0 saturated carbocycles. The highest BCUT2D eigenvalue weighted by molar-refractivity contribution is 6.34. The van der Waals surface area contributed by atoms with Gasteiger partial charge in [-0.3, -0.25) is 4.79 Å². The third-order valence-electron chi connectivity index (χ3n) is 1.93. The lowest BCUT2D eigenvalue weighted by molar-refractivity contribution is 0.101. The zero-order valence-corrected chi connectivity index (χ0v) is 9.48. The summed E-state index contributed by atoms with van der Waals surface area (Å²) < 4.78 is 0. The Kier molecular flexibility index (Phi) is 4.58. The second-order valence-electron chi connectivity index (χ2n) is 3.11. The van der Waals surface area contributed by atoms with Crippen LogP contribution in [0.1, 0.15) is 22.8 Å². The number of hydrogen-bond acceptors (Lipinski definition) is 2. The summed E-state index contributed by atoms with van der Waals surface area (Å²) in [7, 11) is 0. The van der Waals surface area contributed by atoms with E-state index >= 15 is 0 Å². The minimum atomic E-state index is -0.0605. The predicted octanol–water partition coefficient (Wildman–Crippen LogP) is 3.87. The van der Waals surface area contributed by atoms with E-state index in [2.05, 4.69) is 10.0 Å². The van der Waals surface area contributed by atoms with Crippen LogP contribution in [-0.4, -0.2) is 12.3 Å². The maximum absolute atomic E-state index is 11.1. The molecule has 16 heavy (non-hydrogen) atoms. The largest absolute Gasteiger partial charge is 0.294 e. The molecule has 0 spiro atoms. The summed E-state index contributed by atoms with van der Waals surface area (Å²) in [5.41, 5.74) is 9.44. The first-order valence-electron chi connectivity index (χ1n) is 4.63. The van der Waals surface area contributed by atoms with Crippen LogP contribution in [0.15, 0.2) is 29.4 Å². The average Bonchev–Trinajstić information content (AvgIpc) is 2.24. The Labute approximate surface area is 98.2 Å². The van der Waals surface area contributed by atoms with Gasteiger partial charge in [-0.15, -0.1) is 0 Å². The van der Waals surface area contributed by atoms with Crippen LogP contribution in [0.25, 0.3) is 16.5 Å². The number of halogens is 1. The SMILES string of the molecule is CC(=O)c1ccc(C=CCN=[N+]=[N-])cc1Cl. The number of carbonyl (C=O) groups is 1. The molecular weight excluding hydrogens is 226 g/mol. The highest BCUT2D eigenvalue weighted by Gasteiger charge is 2.04. The predicted molar refractivity (Wildman–Crippen MR) is 64.5 cm³/mol. The van der Waals surface area contributed by atoms with Crippen molar-refractivity contribution < 1.29 is 4.79 Å². The van der Waals surface area contributed by atoms with Gasteiger partial charge in [0.1, 0.15) is 0 Å². The molecule has 4 nitrogen and oxygen atoms in total. The molecule has 0 aromatic heterocycles. The molecule has 0 saturated heterocycles. The van der Waals surface area contributed by atoms with Crippen molar-refractivity contribution in [2.24, 2.45) is 5.11 Å². The van der Waals surface area contributed by atoms with Crippen LogP contribution in [0, 0.1) is 0 Å². The van der Waals surface area contributed by atoms with Crippen LogP contribution in [-0.2, 0) is 0 Å². The standard InChI is InChI=1S/C11H10ClN3O/c1-8(16)10-5-4-9(7-11(10)12)3-2-6-14-15-13/h2-5,7H,6H2,1H3. The van der Waals surface area contributed by atoms with Gasteiger partial charge >= 0.3 is 0 Å². The van der Waals surface area contributed by atoms with Gasteiger partial charge in [0.25, 0.3) is 0 Å². The van der Waals surface area contributed by atoms with E-state index in [-0.39, 0.29) is 5.78 Å². The topological polar surface area (TPSA) is 65.8 Å². The molecule has 0 unspecified atom stereocenters. The number of azide groups is 1. The minimum Gasteiger partial charge on any atom is -0.294 e. The van der Waals surface area contributed by atoms with Crippen molar-refractivity contribution in [1.29, 1.82) is 0 Å². The van der Waals surface area contributed by atoms with Crippen molar-refractivity contribution >= 4 is 23.5 Å². The van der Waals surface area contributed by atoms with E-state index in [0.717, 1.165) is 5.56 Å². The summed E-state index contributed by atoms with van der Waals surface area (Å²) in [6.07, 6.45) is 3.50. The van der Waals surface area contributed by atoms with Gasteiger partial charge in [0.2, 0.25) is 0 Å². The van der Waals surface area contributed by atoms with Crippen molar-refractivity contribution in [2.45, 2.75) is 6.92 Å². The van der Waals surface area contributed by atoms with E-state index in [0.29, 0.717) is 17.1 Å². The van der Waals surface area contributed by atoms with Gasteiger partial charge < -0.3 is 0 Å². The number of ketones is 1. The second-order valence-corrected chi connectivity index (χ2v) is 3.52. The summed E-state index contributed by atoms with van der Waals surface area (Å²) in [6.45, 7) is 1.76. The Morgan fingerprint density at radius 1 is 1.62 bits per heavy atom. The van der Waals surface area contributed by atoms with Crippen LogP contribution in [0.4, 0.5) is 0 Å². The monoisotopic (exact) mass is 235 g/mol. The average molecular weight is 236 g/mol. The maximum atomic E-state index is 11.1. The zero-order valence-electron chi connectivity index (χ0n) is 8.72. The number of rotatable bonds is 4. The second kappa shape index (κ2) is 5.95. The fourth-order valence-electron chi connectivity index (χ4n) is 1.19. The lowest BCUT2D eigenvalue weighted by Crippen LogP contribution is -1.93. The Balaban J connectivity index is 2.85. The van der Waals surface area contributed by atoms with Crippen molar-refractivity contribution in [3.05, 3.63) is 50.9 Å². The smallest absolute Gasteiger partial charge is 0.161 e. The summed E-state index contributed by atoms with van der Waals surface area (Å²) >= 11 is 5.93. The first-order chi connectivity index (χ1) is 7.65. The van der Waals surface area contributed by atoms with E-state index in [1.54, 1.807) is 30.4 Å². The van der Waals surface area contributed by atoms with Crippen LogP contribution in [0.5, 0.6) is 0 Å². The Morgan fingerprint density at radius 3 is 2.94 bits per heavy atom. The molecule has 0 aliphatic carbocycles. The molecule has 0 N–H and O–H groups in total. The summed E-state index contributed by atoms with van der Waals surface area (Å²) in [6, 6.07) is 5.16. The number of benzene rings is 1. The molecule has 82 valence electrons. The Hall–Kier alpha value is -1.77. The summed E-state index contributed by atoms with van der Waals surface area (Å²) in [5.74, 6) is -0.0605. The molecule has 0 amide bonds. The number of carbonyl (C=O) groups excluding carboxylic acids is 1. The Bertz CT molecular complexity index is 476. The van der Waals surface area contributed by atoms with Gasteiger partial charge in [0, 0.05) is 17.0 Å². The van der Waals surface area contributed by atoms with Crippen LogP contribution in [0.2, 0.25) is 5.02 Å². The molecule has 1 rings (SSSR count). The van der Waals surface area contributed by atoms with Crippen LogP contribution < -0.4 is 0 Å². The third-order valence-corrected chi connectivity index (χ3v) is 2.25. The molecule has 0 aliphatic heterocycles. The minimum absolute atomic E-state index is 0.0605. The molecule has 5 heteroatoms. The highest BCUT2D eigenvalue weighted by atomic mass is 35.5. The fraction of sp³-hybridized carbons (Fsp3) is 0.182. The normalized spacial score (nSPS) is 10.1. The van der Waals surface area contributed by atoms with Gasteiger partial charge in [0.05, 0.1) is 5.02 Å². The Morgan fingerprint density at radius 2 is 2.38 bits per heavy atom. The number of hydrogen-bond donors (Lipinski definition) is 0. The van der Waals surface area contributed by atoms with Gasteiger partial charge in [0.15, 0.2) is 5.78 Å². The molecule has 1 aromatic carbocycles. The van der Waals surface area contributed by atoms with E-state index < -0.39 is 0 Å². The molecule has 0 aliphatic rings. The van der Waals surface area contributed by atoms with Crippen molar-refractivity contribution in [2.75, 3.05) is 6.54 Å². The first-order valence-corrected chi connectivity index (χ1v) is 5.01. The van der Waals surface area contributed by atoms with E-state index in [4.69, 9.17) is 17.1 Å². The highest BCUT2D eigenvalue weighted by Crippen LogP contribution is 2.19. The maximum Gasteiger partial charge on any atom is 0.161 e. The number of nitrogens with zero attached hydrogens (tertiary/aromatic N) is 3. The van der Waals surface area contributed by atoms with Crippen molar-refractivity contribution in [3.8, 4) is 0 Å². The molecule has 0 radical (unpaired) electrons. The van der Waals surface area contributed by atoms with Gasteiger partial charge in [-0.2, -0.15) is 0 Å². The van der Waals surface area contributed by atoms with Crippen molar-refractivity contribution in [1.82, 2.24) is 0 Å². The van der Waals surface area contributed by atoms with Gasteiger partial charge in [-0.05, 0) is 30.2 Å². The molecule has 1 aromatic rings. The first kappa shape index (κ1) is 12.3. The van der Waals surface area contributed by atoms with Crippen LogP contribution >= 0.6 is 11.6 Å². The molecule has 0 atom stereocenters. The lowest BCUT2D eigenvalue weighted by atomic mass is 10.1. The molecular formula is C11H10ClN3O. The lowest BCUT2D eigenvalue weighted by Gasteiger charge is -2.00. The fourth-order valence-corrected chi connectivity index (χ4v) is 1.52. The third kappa shape index (κ3) is 3.42. The molecule has 0 heterocycles. The van der Waals surface area contributed by atoms with E-state index in [1.165, 1.54) is 6.92 Å². The molecule has 0 fully saturated rings. The van der Waals surface area contributed by atoms with Gasteiger partial charge in [-0.25, -0.2) is 0 Å². The zero-order chi connectivity index (χ0) is 12.0. The van der Waals surface area contributed by atoms with Crippen LogP contribution in [0.3, 0.4) is 0 Å². The van der Waals surface area contributed by atoms with E-state index in [1.807, 2.05) is 0 Å². The quantitative estimate of drug-likeness (QED) is 0.338. The van der Waals surface area contributed by atoms with Crippen molar-refractivity contribution in [3.63, 3.8) is 0 Å².